The normalized spacial score (nSPS) is 12.1. The number of pyridine rings is 1. The third kappa shape index (κ3) is 5.90. The Morgan fingerprint density at radius 3 is 2.57 bits per heavy atom. The largest absolute Gasteiger partial charge is 0.510 e. The van der Waals surface area contributed by atoms with Gasteiger partial charge in [-0.05, 0) is 11.6 Å². The Labute approximate surface area is 167 Å². The van der Waals surface area contributed by atoms with Crippen LogP contribution in [0.4, 0.5) is 13.2 Å². The molecule has 2 rings (SSSR count). The lowest BCUT2D eigenvalue weighted by molar-refractivity contribution is -0.137. The van der Waals surface area contributed by atoms with E-state index in [-0.39, 0.29) is 22.3 Å². The minimum atomic E-state index is -4.58. The van der Waals surface area contributed by atoms with Crippen LogP contribution in [0.15, 0.2) is 59.0 Å². The summed E-state index contributed by atoms with van der Waals surface area (Å²) < 4.78 is 37.8. The highest BCUT2D eigenvalue weighted by molar-refractivity contribution is 7.99. The van der Waals surface area contributed by atoms with Crippen molar-refractivity contribution < 1.29 is 23.1 Å². The smallest absolute Gasteiger partial charge is 0.417 e. The van der Waals surface area contributed by atoms with Crippen LogP contribution >= 0.6 is 23.4 Å². The van der Waals surface area contributed by atoms with Gasteiger partial charge >= 0.3 is 6.18 Å². The van der Waals surface area contributed by atoms with Gasteiger partial charge in [0.1, 0.15) is 16.9 Å². The highest BCUT2D eigenvalue weighted by Crippen LogP contribution is 2.34. The van der Waals surface area contributed by atoms with E-state index in [0.29, 0.717) is 6.20 Å². The zero-order chi connectivity index (χ0) is 20.7. The molecule has 0 fully saturated rings. The van der Waals surface area contributed by atoms with Crippen molar-refractivity contribution >= 4 is 29.3 Å². The highest BCUT2D eigenvalue weighted by atomic mass is 35.5. The molecule has 0 unspecified atom stereocenters. The number of aliphatic hydroxyl groups is 1. The minimum absolute atomic E-state index is 0.0307. The van der Waals surface area contributed by atoms with Crippen molar-refractivity contribution in [2.75, 3.05) is 5.75 Å². The fourth-order valence-corrected chi connectivity index (χ4v) is 3.08. The molecule has 0 saturated carbocycles. The molecule has 0 aliphatic heterocycles. The summed E-state index contributed by atoms with van der Waals surface area (Å²) in [6, 6.07) is 11.3. The Morgan fingerprint density at radius 1 is 1.32 bits per heavy atom. The maximum absolute atomic E-state index is 12.6. The van der Waals surface area contributed by atoms with E-state index in [0.717, 1.165) is 23.4 Å². The number of halogens is 4. The first-order valence-electron chi connectivity index (χ1n) is 7.72. The number of rotatable bonds is 6. The molecule has 0 aliphatic carbocycles. The number of benzene rings is 1. The molecule has 2 aromatic rings. The van der Waals surface area contributed by atoms with Crippen LogP contribution in [0.1, 0.15) is 11.1 Å². The molecule has 1 amide bonds. The van der Waals surface area contributed by atoms with Crippen LogP contribution in [0.2, 0.25) is 5.02 Å². The van der Waals surface area contributed by atoms with Crippen LogP contribution in [0.25, 0.3) is 0 Å². The number of hydrogen-bond acceptors (Lipinski definition) is 5. The number of carbonyl (C=O) groups excluding carboxylic acids is 1. The van der Waals surface area contributed by atoms with Crippen LogP contribution in [0.5, 0.6) is 0 Å². The maximum atomic E-state index is 12.6. The Morgan fingerprint density at radius 2 is 2.00 bits per heavy atom. The van der Waals surface area contributed by atoms with E-state index in [2.05, 4.69) is 10.3 Å². The summed E-state index contributed by atoms with van der Waals surface area (Å²) >= 11 is 6.59. The summed E-state index contributed by atoms with van der Waals surface area (Å²) in [5.74, 6) is -1.56. The quantitative estimate of drug-likeness (QED) is 0.307. The van der Waals surface area contributed by atoms with Gasteiger partial charge in [0.05, 0.1) is 16.3 Å². The lowest BCUT2D eigenvalue weighted by Crippen LogP contribution is -2.25. The number of nitrogens with one attached hydrogen (secondary N) is 1. The fraction of sp³-hybridized carbons (Fsp3) is 0.167. The first kappa shape index (κ1) is 21.6. The second-order valence-electron chi connectivity index (χ2n) is 5.40. The predicted octanol–water partition coefficient (Wildman–Crippen LogP) is 4.50. The van der Waals surface area contributed by atoms with Gasteiger partial charge in [-0.15, -0.1) is 0 Å². The standard InChI is InChI=1S/C18H13ClF3N3O2S/c19-14-6-12(18(20,21)22)9-25-17(14)28-10-15(26)13(7-23)16(27)24-8-11-4-2-1-3-5-11/h1-6,9,26H,8,10H2,(H,24,27). The number of aromatic nitrogens is 1. The minimum Gasteiger partial charge on any atom is -0.510 e. The molecule has 2 N–H and O–H groups in total. The zero-order valence-corrected chi connectivity index (χ0v) is 15.7. The van der Waals surface area contributed by atoms with Crippen molar-refractivity contribution in [2.24, 2.45) is 0 Å². The van der Waals surface area contributed by atoms with E-state index >= 15 is 0 Å². The van der Waals surface area contributed by atoms with Gasteiger partial charge in [0.25, 0.3) is 5.91 Å². The van der Waals surface area contributed by atoms with Crippen LogP contribution in [-0.4, -0.2) is 21.8 Å². The summed E-state index contributed by atoms with van der Waals surface area (Å²) in [5, 5.41) is 21.5. The van der Waals surface area contributed by atoms with Crippen molar-refractivity contribution in [2.45, 2.75) is 17.7 Å². The number of amides is 1. The number of hydrogen-bond donors (Lipinski definition) is 2. The van der Waals surface area contributed by atoms with Gasteiger partial charge in [0.2, 0.25) is 0 Å². The molecular formula is C18H13ClF3N3O2S. The third-order valence-electron chi connectivity index (χ3n) is 3.40. The van der Waals surface area contributed by atoms with Gasteiger partial charge in [-0.3, -0.25) is 4.79 Å². The average Bonchev–Trinajstić information content (AvgIpc) is 2.66. The number of alkyl halides is 3. The SMILES string of the molecule is N#CC(C(=O)NCc1ccccc1)=C(O)CSc1ncc(C(F)(F)F)cc1Cl. The Balaban J connectivity index is 2.04. The Kier molecular flexibility index (Phi) is 7.31. The number of aliphatic hydroxyl groups excluding tert-OH is 1. The van der Waals surface area contributed by atoms with Gasteiger partial charge in [0, 0.05) is 12.7 Å². The lowest BCUT2D eigenvalue weighted by atomic mass is 10.2. The summed E-state index contributed by atoms with van der Waals surface area (Å²) in [7, 11) is 0. The molecule has 1 aromatic carbocycles. The van der Waals surface area contributed by atoms with Crippen LogP contribution in [0.3, 0.4) is 0 Å². The van der Waals surface area contributed by atoms with E-state index in [1.165, 1.54) is 0 Å². The van der Waals surface area contributed by atoms with E-state index in [4.69, 9.17) is 16.9 Å². The van der Waals surface area contributed by atoms with Gasteiger partial charge in [-0.2, -0.15) is 18.4 Å². The number of nitrogens with zero attached hydrogens (tertiary/aromatic N) is 2. The third-order valence-corrected chi connectivity index (χ3v) is 4.82. The van der Waals surface area contributed by atoms with E-state index in [1.807, 2.05) is 6.07 Å². The van der Waals surface area contributed by atoms with E-state index in [9.17, 15) is 23.1 Å². The van der Waals surface area contributed by atoms with E-state index < -0.39 is 29.0 Å². The zero-order valence-electron chi connectivity index (χ0n) is 14.1. The monoisotopic (exact) mass is 427 g/mol. The molecule has 0 atom stereocenters. The molecule has 5 nitrogen and oxygen atoms in total. The van der Waals surface area contributed by atoms with E-state index in [1.54, 1.807) is 30.3 Å². The molecule has 0 aliphatic rings. The van der Waals surface area contributed by atoms with Crippen molar-refractivity contribution in [3.8, 4) is 6.07 Å². The number of thioether (sulfide) groups is 1. The van der Waals surface area contributed by atoms with Gasteiger partial charge < -0.3 is 10.4 Å². The van der Waals surface area contributed by atoms with Crippen LogP contribution in [-0.2, 0) is 17.5 Å². The van der Waals surface area contributed by atoms with Crippen molar-refractivity contribution in [1.29, 1.82) is 5.26 Å². The van der Waals surface area contributed by atoms with Gasteiger partial charge in [0.15, 0.2) is 5.57 Å². The maximum Gasteiger partial charge on any atom is 0.417 e. The molecule has 0 bridgehead atoms. The van der Waals surface area contributed by atoms with Crippen molar-refractivity contribution in [3.05, 3.63) is 70.1 Å². The summed E-state index contributed by atoms with van der Waals surface area (Å²) in [5.41, 5.74) is -0.686. The average molecular weight is 428 g/mol. The molecule has 0 saturated heterocycles. The second-order valence-corrected chi connectivity index (χ2v) is 6.77. The molecule has 1 heterocycles. The van der Waals surface area contributed by atoms with Gasteiger partial charge in [-0.1, -0.05) is 53.7 Å². The predicted molar refractivity (Wildman–Crippen MR) is 98.5 cm³/mol. The second kappa shape index (κ2) is 9.48. The van der Waals surface area contributed by atoms with Crippen molar-refractivity contribution in [3.63, 3.8) is 0 Å². The molecule has 146 valence electrons. The molecule has 0 spiro atoms. The van der Waals surface area contributed by atoms with Gasteiger partial charge in [-0.25, -0.2) is 4.98 Å². The number of nitriles is 1. The molecule has 1 aromatic heterocycles. The lowest BCUT2D eigenvalue weighted by Gasteiger charge is -2.09. The summed E-state index contributed by atoms with van der Waals surface area (Å²) in [6.07, 6.45) is -3.96. The molecular weight excluding hydrogens is 415 g/mol. The molecule has 10 heteroatoms. The van der Waals surface area contributed by atoms with Crippen LogP contribution < -0.4 is 5.32 Å². The first-order chi connectivity index (χ1) is 13.2. The van der Waals surface area contributed by atoms with Crippen molar-refractivity contribution in [1.82, 2.24) is 10.3 Å². The molecule has 28 heavy (non-hydrogen) atoms. The fourth-order valence-electron chi connectivity index (χ4n) is 2.01. The Hall–Kier alpha value is -2.70. The van der Waals surface area contributed by atoms with Crippen LogP contribution in [0, 0.1) is 11.3 Å². The summed E-state index contributed by atoms with van der Waals surface area (Å²) in [6.45, 7) is 0.164. The first-order valence-corrected chi connectivity index (χ1v) is 9.08. The Bertz CT molecular complexity index is 928. The topological polar surface area (TPSA) is 86.0 Å². The summed E-state index contributed by atoms with van der Waals surface area (Å²) in [4.78, 5) is 15.7. The molecule has 0 radical (unpaired) electrons. The highest BCUT2D eigenvalue weighted by Gasteiger charge is 2.31. The number of carbonyl (C=O) groups is 1.